The molecule has 0 heterocycles. The maximum Gasteiger partial charge on any atom is 0.191 e. The van der Waals surface area contributed by atoms with Gasteiger partial charge in [-0.25, -0.2) is 8.42 Å². The van der Waals surface area contributed by atoms with Crippen LogP contribution in [0.15, 0.2) is 4.99 Å². The van der Waals surface area contributed by atoms with E-state index in [9.17, 15) is 8.42 Å². The Bertz CT molecular complexity index is 385. The van der Waals surface area contributed by atoms with Crippen LogP contribution in [0.4, 0.5) is 0 Å². The highest BCUT2D eigenvalue weighted by atomic mass is 32.2. The first kappa shape index (κ1) is 20.1. The molecule has 21 heavy (non-hydrogen) atoms. The molecule has 0 amide bonds. The minimum Gasteiger partial charge on any atom is -0.385 e. The highest BCUT2D eigenvalue weighted by Gasteiger charge is 2.03. The third-order valence-electron chi connectivity index (χ3n) is 2.88. The van der Waals surface area contributed by atoms with Crippen molar-refractivity contribution in [3.8, 4) is 0 Å². The van der Waals surface area contributed by atoms with E-state index in [0.29, 0.717) is 18.9 Å². The molecule has 126 valence electrons. The molecular formula is C13H30N4O3S. The number of hydrogen-bond acceptors (Lipinski definition) is 5. The quantitative estimate of drug-likeness (QED) is 0.305. The predicted molar refractivity (Wildman–Crippen MR) is 87.7 cm³/mol. The lowest BCUT2D eigenvalue weighted by atomic mass is 10.4. The van der Waals surface area contributed by atoms with Crippen LogP contribution in [0.25, 0.3) is 0 Å². The predicted octanol–water partition coefficient (Wildman–Crippen LogP) is -0.446. The molecule has 0 spiro atoms. The number of aliphatic imine (C=N–C) groups is 1. The van der Waals surface area contributed by atoms with Crippen LogP contribution in [0.1, 0.15) is 12.8 Å². The van der Waals surface area contributed by atoms with Gasteiger partial charge in [0.05, 0.1) is 5.75 Å². The summed E-state index contributed by atoms with van der Waals surface area (Å²) >= 11 is 0. The Balaban J connectivity index is 3.71. The molecule has 7 nitrogen and oxygen atoms in total. The molecule has 0 fully saturated rings. The highest BCUT2D eigenvalue weighted by Crippen LogP contribution is 1.88. The highest BCUT2D eigenvalue weighted by molar-refractivity contribution is 7.90. The molecule has 8 heteroatoms. The molecule has 0 aromatic carbocycles. The van der Waals surface area contributed by atoms with Gasteiger partial charge in [0.1, 0.15) is 9.84 Å². The fourth-order valence-electron chi connectivity index (χ4n) is 1.72. The smallest absolute Gasteiger partial charge is 0.191 e. The molecule has 0 rings (SSSR count). The summed E-state index contributed by atoms with van der Waals surface area (Å²) in [5.74, 6) is 0.896. The molecule has 0 saturated heterocycles. The summed E-state index contributed by atoms with van der Waals surface area (Å²) in [7, 11) is 2.60. The lowest BCUT2D eigenvalue weighted by Crippen LogP contribution is -2.41. The number of nitrogens with one attached hydrogen (secondary N) is 2. The molecule has 0 bridgehead atoms. The molecule has 0 aliphatic rings. The summed E-state index contributed by atoms with van der Waals surface area (Å²) in [6.07, 6.45) is 2.85. The summed E-state index contributed by atoms with van der Waals surface area (Å²) in [5, 5.41) is 6.31. The zero-order valence-electron chi connectivity index (χ0n) is 13.7. The monoisotopic (exact) mass is 322 g/mol. The summed E-state index contributed by atoms with van der Waals surface area (Å²) < 4.78 is 27.0. The lowest BCUT2D eigenvalue weighted by molar-refractivity contribution is 0.180. The molecular weight excluding hydrogens is 292 g/mol. The van der Waals surface area contributed by atoms with Crippen LogP contribution in [0, 0.1) is 0 Å². The molecule has 0 saturated carbocycles. The number of methoxy groups -OCH3 is 1. The Morgan fingerprint density at radius 1 is 1.19 bits per heavy atom. The Morgan fingerprint density at radius 2 is 1.86 bits per heavy atom. The van der Waals surface area contributed by atoms with Gasteiger partial charge in [-0.1, -0.05) is 0 Å². The van der Waals surface area contributed by atoms with Crippen molar-refractivity contribution in [3.63, 3.8) is 0 Å². The van der Waals surface area contributed by atoms with Gasteiger partial charge in [-0.3, -0.25) is 4.99 Å². The number of hydrogen-bond donors (Lipinski definition) is 2. The Hall–Kier alpha value is -0.860. The molecule has 0 aliphatic carbocycles. The summed E-state index contributed by atoms with van der Waals surface area (Å²) in [6.45, 7) is 4.07. The van der Waals surface area contributed by atoms with Crippen molar-refractivity contribution in [1.29, 1.82) is 0 Å². The van der Waals surface area contributed by atoms with E-state index >= 15 is 0 Å². The Morgan fingerprint density at radius 3 is 2.43 bits per heavy atom. The number of guanidine groups is 1. The van der Waals surface area contributed by atoms with Gasteiger partial charge in [-0.15, -0.1) is 0 Å². The van der Waals surface area contributed by atoms with Crippen molar-refractivity contribution in [2.75, 3.05) is 66.0 Å². The first-order valence-corrected chi connectivity index (χ1v) is 9.25. The van der Waals surface area contributed by atoms with Crippen molar-refractivity contribution >= 4 is 15.8 Å². The van der Waals surface area contributed by atoms with Crippen molar-refractivity contribution in [2.24, 2.45) is 4.99 Å². The second-order valence-electron chi connectivity index (χ2n) is 5.06. The van der Waals surface area contributed by atoms with Crippen molar-refractivity contribution in [1.82, 2.24) is 15.5 Å². The van der Waals surface area contributed by atoms with Gasteiger partial charge in [-0.2, -0.15) is 0 Å². The van der Waals surface area contributed by atoms with Crippen LogP contribution in [0.3, 0.4) is 0 Å². The summed E-state index contributed by atoms with van der Waals surface area (Å²) in [6, 6.07) is 0. The third kappa shape index (κ3) is 13.9. The first-order chi connectivity index (χ1) is 9.89. The van der Waals surface area contributed by atoms with Gasteiger partial charge in [0, 0.05) is 53.2 Å². The van der Waals surface area contributed by atoms with E-state index < -0.39 is 9.84 Å². The van der Waals surface area contributed by atoms with Crippen LogP contribution >= 0.6 is 0 Å². The van der Waals surface area contributed by atoms with E-state index in [0.717, 1.165) is 32.7 Å². The molecule has 0 atom stereocenters. The van der Waals surface area contributed by atoms with E-state index in [1.165, 1.54) is 6.26 Å². The average Bonchev–Trinajstić information content (AvgIpc) is 2.40. The van der Waals surface area contributed by atoms with Gasteiger partial charge in [-0.05, 0) is 19.9 Å². The number of ether oxygens (including phenoxy) is 1. The van der Waals surface area contributed by atoms with Crippen LogP contribution in [-0.2, 0) is 14.6 Å². The fourth-order valence-corrected chi connectivity index (χ4v) is 2.39. The molecule has 0 unspecified atom stereocenters. The summed E-state index contributed by atoms with van der Waals surface area (Å²) in [5.41, 5.74) is 0. The topological polar surface area (TPSA) is 83.0 Å². The minimum absolute atomic E-state index is 0.194. The largest absolute Gasteiger partial charge is 0.385 e. The fraction of sp³-hybridized carbons (Fsp3) is 0.923. The van der Waals surface area contributed by atoms with Crippen molar-refractivity contribution < 1.29 is 13.2 Å². The van der Waals surface area contributed by atoms with Crippen LogP contribution in [-0.4, -0.2) is 85.3 Å². The van der Waals surface area contributed by atoms with Gasteiger partial charge in [0.15, 0.2) is 5.96 Å². The lowest BCUT2D eigenvalue weighted by Gasteiger charge is -2.18. The Labute approximate surface area is 129 Å². The maximum absolute atomic E-state index is 11.0. The molecule has 0 aromatic rings. The first-order valence-electron chi connectivity index (χ1n) is 7.18. The zero-order chi connectivity index (χ0) is 16.1. The van der Waals surface area contributed by atoms with Crippen LogP contribution in [0.5, 0.6) is 0 Å². The summed E-state index contributed by atoms with van der Waals surface area (Å²) in [4.78, 5) is 6.33. The van der Waals surface area contributed by atoms with E-state index in [2.05, 4.69) is 27.6 Å². The molecule has 2 N–H and O–H groups in total. The number of likely N-dealkylation sites (N-methyl/N-ethyl adjacent to an activating group) is 1. The number of sulfone groups is 1. The van der Waals surface area contributed by atoms with E-state index in [1.807, 2.05) is 0 Å². The zero-order valence-corrected chi connectivity index (χ0v) is 14.5. The average molecular weight is 322 g/mol. The second kappa shape index (κ2) is 11.8. The SMILES string of the molecule is CN=C(NCCCS(C)(=O)=O)NCCN(C)CCCOC. The van der Waals surface area contributed by atoms with Crippen molar-refractivity contribution in [2.45, 2.75) is 12.8 Å². The second-order valence-corrected chi connectivity index (χ2v) is 7.32. The normalized spacial score (nSPS) is 12.7. The minimum atomic E-state index is -2.89. The van der Waals surface area contributed by atoms with Gasteiger partial charge >= 0.3 is 0 Å². The number of nitrogens with zero attached hydrogens (tertiary/aromatic N) is 2. The van der Waals surface area contributed by atoms with E-state index in [4.69, 9.17) is 4.74 Å². The van der Waals surface area contributed by atoms with Gasteiger partial charge in [0.2, 0.25) is 0 Å². The van der Waals surface area contributed by atoms with E-state index in [-0.39, 0.29) is 5.75 Å². The molecule has 0 radical (unpaired) electrons. The standard InChI is InChI=1S/C13H30N4O3S/c1-14-13(15-7-5-12-21(4,18)19)16-8-10-17(2)9-6-11-20-3/h5-12H2,1-4H3,(H2,14,15,16). The number of rotatable bonds is 11. The van der Waals surface area contributed by atoms with Gasteiger partial charge < -0.3 is 20.3 Å². The van der Waals surface area contributed by atoms with E-state index in [1.54, 1.807) is 14.2 Å². The maximum atomic E-state index is 11.0. The van der Waals surface area contributed by atoms with Crippen LogP contribution < -0.4 is 10.6 Å². The van der Waals surface area contributed by atoms with Gasteiger partial charge in [0.25, 0.3) is 0 Å². The molecule has 0 aliphatic heterocycles. The molecule has 0 aromatic heterocycles. The third-order valence-corrected chi connectivity index (χ3v) is 3.91. The Kier molecular flexibility index (Phi) is 11.3. The van der Waals surface area contributed by atoms with Crippen LogP contribution in [0.2, 0.25) is 0 Å². The van der Waals surface area contributed by atoms with Crippen molar-refractivity contribution in [3.05, 3.63) is 0 Å².